The van der Waals surface area contributed by atoms with E-state index in [1.807, 2.05) is 43.3 Å². The van der Waals surface area contributed by atoms with Crippen LogP contribution >= 0.6 is 0 Å². The third-order valence-electron chi connectivity index (χ3n) is 5.44. The van der Waals surface area contributed by atoms with Crippen molar-refractivity contribution in [2.24, 2.45) is 5.73 Å². The number of carbonyl (C=O) groups excluding carboxylic acids is 1. The number of nitrogens with one attached hydrogen (secondary N) is 2. The second-order valence-corrected chi connectivity index (χ2v) is 8.74. The van der Waals surface area contributed by atoms with Crippen molar-refractivity contribution in [2.45, 2.75) is 57.7 Å². The number of methoxy groups -OCH3 is 1. The maximum atomic E-state index is 12.8. The summed E-state index contributed by atoms with van der Waals surface area (Å²) in [6, 6.07) is 10.6. The zero-order chi connectivity index (χ0) is 21.3. The zero-order valence-electron chi connectivity index (χ0n) is 17.7. The lowest BCUT2D eigenvalue weighted by Gasteiger charge is -2.25. The Morgan fingerprint density at radius 1 is 1.28 bits per heavy atom. The average molecular weight is 398 g/mol. The van der Waals surface area contributed by atoms with Gasteiger partial charge in [0, 0.05) is 11.6 Å². The van der Waals surface area contributed by atoms with Crippen molar-refractivity contribution < 1.29 is 14.6 Å². The number of rotatable bonds is 4. The number of ether oxygens (including phenoxy) is 1. The normalized spacial score (nSPS) is 19.4. The molecule has 0 radical (unpaired) electrons. The van der Waals surface area contributed by atoms with Gasteiger partial charge in [-0.05, 0) is 47.6 Å². The fraction of sp³-hybridized carbons (Fsp3) is 0.435. The summed E-state index contributed by atoms with van der Waals surface area (Å²) < 4.78 is 5.58. The summed E-state index contributed by atoms with van der Waals surface area (Å²) in [6.07, 6.45) is -0.131. The minimum absolute atomic E-state index is 0.119. The number of aliphatic hydroxyl groups excluding tert-OH is 1. The van der Waals surface area contributed by atoms with E-state index in [1.54, 1.807) is 7.11 Å². The Labute approximate surface area is 172 Å². The van der Waals surface area contributed by atoms with E-state index in [0.717, 1.165) is 22.3 Å². The lowest BCUT2D eigenvalue weighted by molar-refractivity contribution is 0.145. The van der Waals surface area contributed by atoms with Gasteiger partial charge < -0.3 is 26.2 Å². The van der Waals surface area contributed by atoms with Crippen molar-refractivity contribution in [2.75, 3.05) is 12.4 Å². The Morgan fingerprint density at radius 2 is 1.97 bits per heavy atom. The molecule has 0 aromatic heterocycles. The molecule has 0 aliphatic heterocycles. The summed E-state index contributed by atoms with van der Waals surface area (Å²) in [5.41, 5.74) is 10.4. The molecule has 0 saturated carbocycles. The van der Waals surface area contributed by atoms with Crippen molar-refractivity contribution in [1.29, 1.82) is 0 Å². The monoisotopic (exact) mass is 397 g/mol. The molecule has 2 aromatic carbocycles. The maximum absolute atomic E-state index is 12.8. The van der Waals surface area contributed by atoms with Crippen LogP contribution in [-0.4, -0.2) is 24.3 Å². The van der Waals surface area contributed by atoms with Gasteiger partial charge in [-0.1, -0.05) is 45.0 Å². The van der Waals surface area contributed by atoms with Gasteiger partial charge in [0.25, 0.3) is 0 Å². The Bertz CT molecular complexity index is 903. The van der Waals surface area contributed by atoms with Gasteiger partial charge in [-0.15, -0.1) is 0 Å². The number of fused-ring (bicyclic) bond motifs is 1. The Kier molecular flexibility index (Phi) is 5.87. The molecule has 3 rings (SSSR count). The molecular weight excluding hydrogens is 366 g/mol. The number of urea groups is 1. The molecule has 156 valence electrons. The molecule has 0 saturated heterocycles. The van der Waals surface area contributed by atoms with Crippen LogP contribution in [0.15, 0.2) is 36.4 Å². The highest BCUT2D eigenvalue weighted by Crippen LogP contribution is 2.38. The van der Waals surface area contributed by atoms with Gasteiger partial charge in [0.1, 0.15) is 5.75 Å². The SMILES string of the molecule is COc1c(NC(=O)N[C@@H]2Cc3ccccc3[C@@H]2O)cc(C(C)(C)C)cc1[C@H](C)N. The Morgan fingerprint density at radius 3 is 2.55 bits per heavy atom. The summed E-state index contributed by atoms with van der Waals surface area (Å²) >= 11 is 0. The van der Waals surface area contributed by atoms with E-state index in [-0.39, 0.29) is 23.5 Å². The number of benzene rings is 2. The van der Waals surface area contributed by atoms with E-state index in [9.17, 15) is 9.90 Å². The van der Waals surface area contributed by atoms with Gasteiger partial charge in [-0.2, -0.15) is 0 Å². The van der Waals surface area contributed by atoms with E-state index in [0.29, 0.717) is 17.9 Å². The van der Waals surface area contributed by atoms with E-state index >= 15 is 0 Å². The van der Waals surface area contributed by atoms with Crippen LogP contribution in [0.25, 0.3) is 0 Å². The molecule has 1 aliphatic carbocycles. The molecule has 0 fully saturated rings. The van der Waals surface area contributed by atoms with E-state index < -0.39 is 6.10 Å². The number of hydrogen-bond donors (Lipinski definition) is 4. The van der Waals surface area contributed by atoms with Gasteiger partial charge in [0.2, 0.25) is 0 Å². The fourth-order valence-electron chi connectivity index (χ4n) is 3.77. The highest BCUT2D eigenvalue weighted by molar-refractivity contribution is 5.92. The third-order valence-corrected chi connectivity index (χ3v) is 5.44. The predicted octanol–water partition coefficient (Wildman–Crippen LogP) is 3.79. The number of amides is 2. The summed E-state index contributed by atoms with van der Waals surface area (Å²) in [5.74, 6) is 0.554. The summed E-state index contributed by atoms with van der Waals surface area (Å²) in [4.78, 5) is 12.8. The lowest BCUT2D eigenvalue weighted by atomic mass is 9.84. The maximum Gasteiger partial charge on any atom is 0.319 e. The fourth-order valence-corrected chi connectivity index (χ4v) is 3.77. The van der Waals surface area contributed by atoms with Crippen LogP contribution in [0.1, 0.15) is 62.1 Å². The molecule has 0 unspecified atom stereocenters. The second-order valence-electron chi connectivity index (χ2n) is 8.74. The third kappa shape index (κ3) is 4.38. The molecule has 29 heavy (non-hydrogen) atoms. The van der Waals surface area contributed by atoms with Gasteiger partial charge in [-0.25, -0.2) is 4.79 Å². The summed E-state index contributed by atoms with van der Waals surface area (Å²) in [5, 5.41) is 16.3. The smallest absolute Gasteiger partial charge is 0.319 e. The molecule has 3 atom stereocenters. The second kappa shape index (κ2) is 8.05. The van der Waals surface area contributed by atoms with Crippen LogP contribution in [0.3, 0.4) is 0 Å². The minimum atomic E-state index is -0.723. The van der Waals surface area contributed by atoms with Crippen molar-refractivity contribution >= 4 is 11.7 Å². The van der Waals surface area contributed by atoms with Crippen LogP contribution < -0.4 is 21.1 Å². The molecule has 0 spiro atoms. The van der Waals surface area contributed by atoms with Crippen LogP contribution in [0.5, 0.6) is 5.75 Å². The largest absolute Gasteiger partial charge is 0.494 e. The van der Waals surface area contributed by atoms with Gasteiger partial charge in [0.15, 0.2) is 0 Å². The average Bonchev–Trinajstić information content (AvgIpc) is 2.96. The van der Waals surface area contributed by atoms with Crippen molar-refractivity contribution in [3.63, 3.8) is 0 Å². The minimum Gasteiger partial charge on any atom is -0.494 e. The first-order valence-electron chi connectivity index (χ1n) is 9.93. The van der Waals surface area contributed by atoms with Crippen LogP contribution in [0.2, 0.25) is 0 Å². The molecule has 6 nitrogen and oxygen atoms in total. The van der Waals surface area contributed by atoms with Gasteiger partial charge >= 0.3 is 6.03 Å². The number of aliphatic hydroxyl groups is 1. The standard InChI is InChI=1S/C23H31N3O3/c1-13(24)17-11-15(23(2,3)4)12-19(21(17)29-5)26-22(28)25-18-10-14-8-6-7-9-16(14)20(18)27/h6-9,11-13,18,20,27H,10,24H2,1-5H3,(H2,25,26,28)/t13-,18+,20-/m0/s1. The lowest BCUT2D eigenvalue weighted by Crippen LogP contribution is -2.40. The molecular formula is C23H31N3O3. The number of hydrogen-bond acceptors (Lipinski definition) is 4. The molecule has 5 N–H and O–H groups in total. The molecule has 1 aliphatic rings. The van der Waals surface area contributed by atoms with Crippen molar-refractivity contribution in [1.82, 2.24) is 5.32 Å². The van der Waals surface area contributed by atoms with E-state index in [4.69, 9.17) is 10.5 Å². The van der Waals surface area contributed by atoms with Crippen LogP contribution in [0, 0.1) is 0 Å². The number of nitrogens with two attached hydrogens (primary N) is 1. The molecule has 6 heteroatoms. The van der Waals surface area contributed by atoms with E-state index in [2.05, 4.69) is 31.4 Å². The summed E-state index contributed by atoms with van der Waals surface area (Å²) in [6.45, 7) is 8.21. The number of anilines is 1. The summed E-state index contributed by atoms with van der Waals surface area (Å²) in [7, 11) is 1.57. The van der Waals surface area contributed by atoms with Gasteiger partial charge in [0.05, 0.1) is 24.9 Å². The topological polar surface area (TPSA) is 96.6 Å². The zero-order valence-corrected chi connectivity index (χ0v) is 17.7. The first-order valence-corrected chi connectivity index (χ1v) is 9.93. The first-order chi connectivity index (χ1) is 13.6. The highest BCUT2D eigenvalue weighted by Gasteiger charge is 2.32. The van der Waals surface area contributed by atoms with Crippen molar-refractivity contribution in [3.05, 3.63) is 58.7 Å². The van der Waals surface area contributed by atoms with E-state index in [1.165, 1.54) is 0 Å². The first kappa shape index (κ1) is 21.1. The molecule has 0 bridgehead atoms. The highest BCUT2D eigenvalue weighted by atomic mass is 16.5. The Hall–Kier alpha value is -2.57. The quantitative estimate of drug-likeness (QED) is 0.631. The van der Waals surface area contributed by atoms with Crippen LogP contribution in [0.4, 0.5) is 10.5 Å². The number of carbonyl (C=O) groups is 1. The van der Waals surface area contributed by atoms with Gasteiger partial charge in [-0.3, -0.25) is 0 Å². The Balaban J connectivity index is 1.84. The predicted molar refractivity (Wildman–Crippen MR) is 115 cm³/mol. The molecule has 2 amide bonds. The molecule has 0 heterocycles. The molecule has 2 aromatic rings. The van der Waals surface area contributed by atoms with Crippen molar-refractivity contribution in [3.8, 4) is 5.75 Å². The van der Waals surface area contributed by atoms with Crippen LogP contribution in [-0.2, 0) is 11.8 Å².